The van der Waals surface area contributed by atoms with Gasteiger partial charge in [0.2, 0.25) is 5.82 Å². The molecule has 0 aromatic heterocycles. The Hall–Kier alpha value is -2.23. The molecule has 0 saturated heterocycles. The minimum absolute atomic E-state index is 0.0658. The maximum Gasteiger partial charge on any atom is 0.201 e. The highest BCUT2D eigenvalue weighted by Crippen LogP contribution is 2.45. The predicted octanol–water partition coefficient (Wildman–Crippen LogP) is 10.00. The average Bonchev–Trinajstić information content (AvgIpc) is 2.90. The van der Waals surface area contributed by atoms with Crippen LogP contribution in [-0.2, 0) is 0 Å². The number of hydrogen-bond acceptors (Lipinski definition) is 1. The van der Waals surface area contributed by atoms with Crippen molar-refractivity contribution in [2.24, 2.45) is 17.8 Å². The number of ether oxygens (including phenoxy) is 1. The average molecular weight is 499 g/mol. The largest absolute Gasteiger partial charge is 0.490 e. The SMILES string of the molecule is C/C=C/C1CCC(C2CCC(c3ccc(-c4ccc(OCCCCC)c(F)c4F)cc3F)CC2)CC1. The highest BCUT2D eigenvalue weighted by atomic mass is 19.2. The van der Waals surface area contributed by atoms with E-state index in [1.54, 1.807) is 12.1 Å². The van der Waals surface area contributed by atoms with Gasteiger partial charge in [0.1, 0.15) is 5.82 Å². The minimum Gasteiger partial charge on any atom is -0.490 e. The summed E-state index contributed by atoms with van der Waals surface area (Å²) in [6.45, 7) is 4.53. The van der Waals surface area contributed by atoms with Crippen molar-refractivity contribution in [1.82, 2.24) is 0 Å². The van der Waals surface area contributed by atoms with E-state index in [-0.39, 0.29) is 23.0 Å². The molecule has 0 spiro atoms. The van der Waals surface area contributed by atoms with E-state index in [9.17, 15) is 8.78 Å². The molecule has 2 aliphatic carbocycles. The van der Waals surface area contributed by atoms with Crippen LogP contribution in [0.3, 0.4) is 0 Å². The van der Waals surface area contributed by atoms with Crippen LogP contribution in [0.4, 0.5) is 13.2 Å². The van der Waals surface area contributed by atoms with Gasteiger partial charge >= 0.3 is 0 Å². The number of benzene rings is 2. The summed E-state index contributed by atoms with van der Waals surface area (Å²) in [5, 5.41) is 0. The van der Waals surface area contributed by atoms with E-state index in [4.69, 9.17) is 4.74 Å². The standard InChI is InChI=1S/C32H41F3O/c1-3-5-6-20-36-30-19-18-28(31(34)32(30)35)26-16-17-27(29(33)21-26)25-14-12-24(13-15-25)23-10-8-22(7-4-2)9-11-23/h4,7,16-19,21-25H,3,5-6,8-15,20H2,1-2H3/b7-4+. The zero-order chi connectivity index (χ0) is 25.5. The van der Waals surface area contributed by atoms with Crippen LogP contribution in [0.15, 0.2) is 42.5 Å². The van der Waals surface area contributed by atoms with Crippen molar-refractivity contribution in [3.05, 3.63) is 65.5 Å². The van der Waals surface area contributed by atoms with Gasteiger partial charge in [0.25, 0.3) is 0 Å². The molecule has 2 fully saturated rings. The highest BCUT2D eigenvalue weighted by Gasteiger charge is 2.31. The lowest BCUT2D eigenvalue weighted by Gasteiger charge is -2.37. The van der Waals surface area contributed by atoms with Crippen molar-refractivity contribution in [3.8, 4) is 16.9 Å². The molecule has 36 heavy (non-hydrogen) atoms. The van der Waals surface area contributed by atoms with Crippen LogP contribution in [-0.4, -0.2) is 6.61 Å². The first-order valence-corrected chi connectivity index (χ1v) is 14.0. The monoisotopic (exact) mass is 498 g/mol. The lowest BCUT2D eigenvalue weighted by molar-refractivity contribution is 0.171. The fourth-order valence-electron chi connectivity index (χ4n) is 6.41. The molecule has 0 bridgehead atoms. The third kappa shape index (κ3) is 6.36. The van der Waals surface area contributed by atoms with Gasteiger partial charge < -0.3 is 4.74 Å². The Morgan fingerprint density at radius 2 is 1.53 bits per heavy atom. The summed E-state index contributed by atoms with van der Waals surface area (Å²) in [6, 6.07) is 7.80. The first kappa shape index (κ1) is 26.8. The van der Waals surface area contributed by atoms with Gasteiger partial charge in [-0.1, -0.05) is 44.1 Å². The second kappa shape index (κ2) is 12.8. The van der Waals surface area contributed by atoms with Gasteiger partial charge in [-0.05, 0) is 118 Å². The third-order valence-electron chi connectivity index (χ3n) is 8.52. The van der Waals surface area contributed by atoms with Crippen molar-refractivity contribution >= 4 is 0 Å². The van der Waals surface area contributed by atoms with Crippen LogP contribution in [0, 0.1) is 35.2 Å². The maximum absolute atomic E-state index is 15.2. The molecule has 0 radical (unpaired) electrons. The molecule has 4 heteroatoms. The molecule has 0 N–H and O–H groups in total. The van der Waals surface area contributed by atoms with Gasteiger partial charge in [0, 0.05) is 5.56 Å². The molecule has 2 aromatic carbocycles. The van der Waals surface area contributed by atoms with Crippen LogP contribution >= 0.6 is 0 Å². The molecule has 2 aliphatic rings. The second-order valence-corrected chi connectivity index (χ2v) is 10.8. The molecule has 0 amide bonds. The minimum atomic E-state index is -1.01. The number of rotatable bonds is 9. The van der Waals surface area contributed by atoms with Crippen LogP contribution < -0.4 is 4.74 Å². The van der Waals surface area contributed by atoms with Crippen molar-refractivity contribution in [2.75, 3.05) is 6.61 Å². The van der Waals surface area contributed by atoms with E-state index >= 15 is 4.39 Å². The lowest BCUT2D eigenvalue weighted by atomic mass is 9.68. The lowest BCUT2D eigenvalue weighted by Crippen LogP contribution is -2.25. The summed E-state index contributed by atoms with van der Waals surface area (Å²) in [4.78, 5) is 0. The summed E-state index contributed by atoms with van der Waals surface area (Å²) in [7, 11) is 0. The van der Waals surface area contributed by atoms with Crippen LogP contribution in [0.5, 0.6) is 5.75 Å². The fraction of sp³-hybridized carbons (Fsp3) is 0.562. The van der Waals surface area contributed by atoms with E-state index in [0.717, 1.165) is 62.7 Å². The third-order valence-corrected chi connectivity index (χ3v) is 8.52. The number of halogens is 3. The van der Waals surface area contributed by atoms with Gasteiger partial charge in [-0.3, -0.25) is 0 Å². The van der Waals surface area contributed by atoms with Gasteiger partial charge in [0.15, 0.2) is 11.6 Å². The smallest absolute Gasteiger partial charge is 0.201 e. The molecule has 0 atom stereocenters. The normalized spacial score (nSPS) is 24.8. The van der Waals surface area contributed by atoms with Gasteiger partial charge in [-0.2, -0.15) is 4.39 Å². The molecule has 2 saturated carbocycles. The van der Waals surface area contributed by atoms with Gasteiger partial charge in [0.05, 0.1) is 6.61 Å². The molecule has 0 heterocycles. The predicted molar refractivity (Wildman–Crippen MR) is 142 cm³/mol. The van der Waals surface area contributed by atoms with Crippen molar-refractivity contribution < 1.29 is 17.9 Å². The second-order valence-electron chi connectivity index (χ2n) is 10.8. The molecule has 196 valence electrons. The number of unbranched alkanes of at least 4 members (excludes halogenated alkanes) is 2. The molecule has 4 rings (SSSR count). The van der Waals surface area contributed by atoms with E-state index in [2.05, 4.69) is 26.0 Å². The molecule has 2 aromatic rings. The Kier molecular flexibility index (Phi) is 9.56. The first-order valence-electron chi connectivity index (χ1n) is 14.0. The van der Waals surface area contributed by atoms with Crippen molar-refractivity contribution in [3.63, 3.8) is 0 Å². The Balaban J connectivity index is 1.37. The van der Waals surface area contributed by atoms with E-state index in [0.29, 0.717) is 17.7 Å². The number of allylic oxidation sites excluding steroid dienone is 2. The van der Waals surface area contributed by atoms with Crippen LogP contribution in [0.2, 0.25) is 0 Å². The summed E-state index contributed by atoms with van der Waals surface area (Å²) >= 11 is 0. The van der Waals surface area contributed by atoms with Crippen molar-refractivity contribution in [1.29, 1.82) is 0 Å². The maximum atomic E-state index is 15.2. The Labute approximate surface area is 215 Å². The number of hydrogen-bond donors (Lipinski definition) is 0. The Bertz CT molecular complexity index is 1010. The van der Waals surface area contributed by atoms with E-state index in [1.807, 2.05) is 0 Å². The molecule has 0 unspecified atom stereocenters. The highest BCUT2D eigenvalue weighted by molar-refractivity contribution is 5.66. The fourth-order valence-corrected chi connectivity index (χ4v) is 6.41. The van der Waals surface area contributed by atoms with Gasteiger partial charge in [-0.15, -0.1) is 0 Å². The topological polar surface area (TPSA) is 9.23 Å². The summed E-state index contributed by atoms with van der Waals surface area (Å²) < 4.78 is 50.0. The zero-order valence-electron chi connectivity index (χ0n) is 21.9. The zero-order valence-corrected chi connectivity index (χ0v) is 21.9. The first-order chi connectivity index (χ1) is 17.5. The molecular weight excluding hydrogens is 457 g/mol. The molecular formula is C32H41F3O. The Morgan fingerprint density at radius 1 is 0.833 bits per heavy atom. The van der Waals surface area contributed by atoms with Gasteiger partial charge in [-0.25, -0.2) is 8.78 Å². The van der Waals surface area contributed by atoms with Crippen molar-refractivity contribution in [2.45, 2.75) is 90.4 Å². The summed E-state index contributed by atoms with van der Waals surface area (Å²) in [5.74, 6) is 0.134. The Morgan fingerprint density at radius 3 is 2.17 bits per heavy atom. The van der Waals surface area contributed by atoms with Crippen LogP contribution in [0.25, 0.3) is 11.1 Å². The van der Waals surface area contributed by atoms with Crippen LogP contribution in [0.1, 0.15) is 96.0 Å². The molecule has 0 aliphatic heterocycles. The van der Waals surface area contributed by atoms with E-state index < -0.39 is 11.6 Å². The van der Waals surface area contributed by atoms with E-state index in [1.165, 1.54) is 43.9 Å². The quantitative estimate of drug-likeness (QED) is 0.247. The summed E-state index contributed by atoms with van der Waals surface area (Å²) in [5.41, 5.74) is 1.14. The summed E-state index contributed by atoms with van der Waals surface area (Å²) in [6.07, 6.45) is 16.9. The molecule has 1 nitrogen and oxygen atoms in total.